The van der Waals surface area contributed by atoms with Crippen LogP contribution in [0.5, 0.6) is 23.0 Å². The third-order valence-electron chi connectivity index (χ3n) is 4.58. The molecule has 0 heterocycles. The molecule has 34 heavy (non-hydrogen) atoms. The standard InChI is InChI=1S/C23H30ClO8P.Li/c1-13(26-4)30-16-11-19(31-14(2)27-5)22(20(12-16)32-15(3)28-6)33-23(25)21-17(24)9-8-10-18(21)29-7;/h8-15,33H,1-7H3;/q;+1. The summed E-state index contributed by atoms with van der Waals surface area (Å²) in [6.45, 7) is 5.21. The van der Waals surface area contributed by atoms with Crippen LogP contribution in [0.1, 0.15) is 31.1 Å². The van der Waals surface area contributed by atoms with Crippen LogP contribution in [0.3, 0.4) is 0 Å². The summed E-state index contributed by atoms with van der Waals surface area (Å²) in [4.78, 5) is 13.4. The van der Waals surface area contributed by atoms with E-state index in [2.05, 4.69) is 0 Å². The predicted molar refractivity (Wildman–Crippen MR) is 128 cm³/mol. The summed E-state index contributed by atoms with van der Waals surface area (Å²) in [5.74, 6) is 1.54. The number of benzene rings is 2. The Labute approximate surface area is 219 Å². The van der Waals surface area contributed by atoms with Crippen LogP contribution in [-0.2, 0) is 14.2 Å². The fourth-order valence-electron chi connectivity index (χ4n) is 2.71. The van der Waals surface area contributed by atoms with Crippen molar-refractivity contribution in [1.82, 2.24) is 0 Å². The number of hydrogen-bond donors (Lipinski definition) is 0. The molecule has 4 unspecified atom stereocenters. The molecule has 8 nitrogen and oxygen atoms in total. The molecule has 0 aliphatic heterocycles. The van der Waals surface area contributed by atoms with Gasteiger partial charge in [-0.25, -0.2) is 0 Å². The second kappa shape index (κ2) is 14.8. The Morgan fingerprint density at radius 2 is 1.32 bits per heavy atom. The fourth-order valence-corrected chi connectivity index (χ4v) is 4.16. The number of methoxy groups -OCH3 is 4. The predicted octanol–water partition coefficient (Wildman–Crippen LogP) is 1.61. The first-order valence-corrected chi connectivity index (χ1v) is 11.5. The van der Waals surface area contributed by atoms with E-state index in [1.807, 2.05) is 0 Å². The molecule has 0 saturated heterocycles. The van der Waals surface area contributed by atoms with Crippen molar-refractivity contribution in [2.45, 2.75) is 39.6 Å². The smallest absolute Gasteiger partial charge is 0.496 e. The minimum atomic E-state index is -0.596. The average molecular weight is 508 g/mol. The molecule has 0 N–H and O–H groups in total. The maximum absolute atomic E-state index is 13.4. The zero-order valence-electron chi connectivity index (χ0n) is 20.8. The second-order valence-corrected chi connectivity index (χ2v) is 8.44. The van der Waals surface area contributed by atoms with Gasteiger partial charge in [0.25, 0.3) is 0 Å². The largest absolute Gasteiger partial charge is 1.00 e. The van der Waals surface area contributed by atoms with E-state index in [9.17, 15) is 4.79 Å². The first-order valence-electron chi connectivity index (χ1n) is 10.1. The fraction of sp³-hybridized carbons (Fsp3) is 0.435. The van der Waals surface area contributed by atoms with E-state index in [1.165, 1.54) is 28.4 Å². The molecule has 182 valence electrons. The van der Waals surface area contributed by atoms with Crippen molar-refractivity contribution in [2.24, 2.45) is 0 Å². The number of hydrogen-bond acceptors (Lipinski definition) is 8. The first-order chi connectivity index (χ1) is 15.7. The van der Waals surface area contributed by atoms with E-state index in [1.54, 1.807) is 51.1 Å². The van der Waals surface area contributed by atoms with Crippen LogP contribution in [0.4, 0.5) is 0 Å². The number of rotatable bonds is 13. The van der Waals surface area contributed by atoms with Crippen LogP contribution in [0.2, 0.25) is 5.02 Å². The molecule has 0 spiro atoms. The monoisotopic (exact) mass is 507 g/mol. The molecular weight excluding hydrogens is 478 g/mol. The molecule has 0 amide bonds. The molecule has 0 radical (unpaired) electrons. The van der Waals surface area contributed by atoms with Gasteiger partial charge in [-0.1, -0.05) is 17.7 Å². The summed E-state index contributed by atoms with van der Waals surface area (Å²) in [5.41, 5.74) is 0.0334. The van der Waals surface area contributed by atoms with Crippen LogP contribution in [0.15, 0.2) is 30.3 Å². The van der Waals surface area contributed by atoms with Gasteiger partial charge in [0.05, 0.1) is 23.0 Å². The molecule has 0 fully saturated rings. The van der Waals surface area contributed by atoms with Crippen molar-refractivity contribution in [2.75, 3.05) is 28.4 Å². The van der Waals surface area contributed by atoms with Crippen LogP contribution in [-0.4, -0.2) is 52.8 Å². The van der Waals surface area contributed by atoms with E-state index in [4.69, 9.17) is 44.8 Å². The van der Waals surface area contributed by atoms with Crippen molar-refractivity contribution in [3.05, 3.63) is 40.9 Å². The van der Waals surface area contributed by atoms with E-state index in [-0.39, 0.29) is 29.9 Å². The van der Waals surface area contributed by atoms with Gasteiger partial charge in [-0.3, -0.25) is 4.79 Å². The Bertz CT molecular complexity index is 912. The minimum absolute atomic E-state index is 0. The SMILES string of the molecule is COc1cccc(Cl)c1C(=O)Pc1c(OC(C)OC)cc(OC(C)OC)cc1OC(C)OC.[Li+]. The van der Waals surface area contributed by atoms with Crippen LogP contribution in [0.25, 0.3) is 0 Å². The van der Waals surface area contributed by atoms with Gasteiger partial charge in [-0.2, -0.15) is 0 Å². The summed E-state index contributed by atoms with van der Waals surface area (Å²) in [6.07, 6.45) is -1.71. The van der Waals surface area contributed by atoms with Crippen molar-refractivity contribution in [1.29, 1.82) is 0 Å². The third kappa shape index (κ3) is 8.32. The molecule has 0 aromatic heterocycles. The van der Waals surface area contributed by atoms with E-state index >= 15 is 0 Å². The third-order valence-corrected chi connectivity index (χ3v) is 6.12. The maximum Gasteiger partial charge on any atom is 1.00 e. The summed E-state index contributed by atoms with van der Waals surface area (Å²) >= 11 is 6.33. The molecule has 0 aliphatic rings. The second-order valence-electron chi connectivity index (χ2n) is 6.83. The van der Waals surface area contributed by atoms with Gasteiger partial charge in [0.15, 0.2) is 24.4 Å². The Morgan fingerprint density at radius 3 is 1.79 bits per heavy atom. The number of halogens is 1. The molecule has 2 aromatic carbocycles. The molecule has 0 aliphatic carbocycles. The van der Waals surface area contributed by atoms with Crippen LogP contribution in [0, 0.1) is 0 Å². The van der Waals surface area contributed by atoms with Gasteiger partial charge in [0.1, 0.15) is 23.0 Å². The number of ether oxygens (including phenoxy) is 7. The molecular formula is C23H30ClLiO8P+. The van der Waals surface area contributed by atoms with E-state index in [0.29, 0.717) is 33.3 Å². The quantitative estimate of drug-likeness (QED) is 0.230. The van der Waals surface area contributed by atoms with E-state index < -0.39 is 27.5 Å². The van der Waals surface area contributed by atoms with Gasteiger partial charge in [0, 0.05) is 33.5 Å². The Kier molecular flexibility index (Phi) is 13.3. The average Bonchev–Trinajstić information content (AvgIpc) is 2.80. The maximum atomic E-state index is 13.4. The van der Waals surface area contributed by atoms with E-state index in [0.717, 1.165) is 0 Å². The van der Waals surface area contributed by atoms with Crippen molar-refractivity contribution in [3.8, 4) is 23.0 Å². The Balaban J connectivity index is 0.00000578. The van der Waals surface area contributed by atoms with Gasteiger partial charge < -0.3 is 33.2 Å². The number of carbonyl (C=O) groups excluding carboxylic acids is 1. The summed E-state index contributed by atoms with van der Waals surface area (Å²) in [6, 6.07) is 8.36. The van der Waals surface area contributed by atoms with Crippen molar-refractivity contribution < 1.29 is 56.8 Å². The molecule has 0 saturated carbocycles. The van der Waals surface area contributed by atoms with Gasteiger partial charge in [-0.15, -0.1) is 0 Å². The zero-order chi connectivity index (χ0) is 24.5. The Morgan fingerprint density at radius 1 is 0.824 bits per heavy atom. The summed E-state index contributed by atoms with van der Waals surface area (Å²) in [5, 5.41) is 0.799. The molecule has 2 rings (SSSR count). The summed E-state index contributed by atoms with van der Waals surface area (Å²) < 4.78 is 38.8. The zero-order valence-corrected chi connectivity index (χ0v) is 22.5. The normalized spacial score (nSPS) is 13.6. The summed E-state index contributed by atoms with van der Waals surface area (Å²) in [7, 11) is 5.65. The minimum Gasteiger partial charge on any atom is -0.496 e. The molecule has 0 bridgehead atoms. The topological polar surface area (TPSA) is 81.7 Å². The van der Waals surface area contributed by atoms with Crippen LogP contribution < -0.4 is 43.1 Å². The number of carbonyl (C=O) groups is 1. The Hall–Kier alpha value is -1.49. The van der Waals surface area contributed by atoms with Crippen molar-refractivity contribution >= 4 is 31.0 Å². The van der Waals surface area contributed by atoms with Gasteiger partial charge in [-0.05, 0) is 41.5 Å². The molecule has 11 heteroatoms. The first kappa shape index (κ1) is 30.5. The van der Waals surface area contributed by atoms with Crippen molar-refractivity contribution in [3.63, 3.8) is 0 Å². The van der Waals surface area contributed by atoms with Gasteiger partial charge >= 0.3 is 18.9 Å². The molecule has 2 aromatic rings. The van der Waals surface area contributed by atoms with Gasteiger partial charge in [0.2, 0.25) is 0 Å². The molecule has 4 atom stereocenters. The van der Waals surface area contributed by atoms with Crippen LogP contribution >= 0.6 is 20.2 Å².